The fraction of sp³-hybridized carbons (Fsp3) is 0.250. The van der Waals surface area contributed by atoms with Crippen molar-refractivity contribution in [1.29, 1.82) is 0 Å². The lowest BCUT2D eigenvalue weighted by Gasteiger charge is -2.27. The number of furan rings is 1. The number of hydrogen-bond donors (Lipinski definition) is 2. The second-order valence-corrected chi connectivity index (χ2v) is 9.11. The number of amides is 2. The highest BCUT2D eigenvalue weighted by Crippen LogP contribution is 2.32. The number of nitrogens with zero attached hydrogens (tertiary/aromatic N) is 3. The third-order valence-electron chi connectivity index (χ3n) is 6.57. The number of aryl methyl sites for hydroxylation is 2. The minimum Gasteiger partial charge on any atom is -0.458 e. The van der Waals surface area contributed by atoms with Gasteiger partial charge in [-0.15, -0.1) is 0 Å². The van der Waals surface area contributed by atoms with E-state index < -0.39 is 24.0 Å². The fourth-order valence-corrected chi connectivity index (χ4v) is 4.81. The summed E-state index contributed by atoms with van der Waals surface area (Å²) >= 11 is 0. The normalized spacial score (nSPS) is 15.6. The highest BCUT2D eigenvalue weighted by atomic mass is 19.1. The second kappa shape index (κ2) is 10.0. The molecule has 37 heavy (non-hydrogen) atoms. The molecule has 0 bridgehead atoms. The number of aromatic nitrogens is 2. The molecule has 2 atom stereocenters. The van der Waals surface area contributed by atoms with Crippen molar-refractivity contribution in [3.05, 3.63) is 101 Å². The number of rotatable bonds is 8. The number of carbonyl (C=O) groups excluding carboxylic acids is 2. The number of halogens is 1. The van der Waals surface area contributed by atoms with Gasteiger partial charge >= 0.3 is 0 Å². The minimum atomic E-state index is -1.14. The van der Waals surface area contributed by atoms with E-state index in [1.807, 2.05) is 18.5 Å². The largest absolute Gasteiger partial charge is 0.458 e. The Kier molecular flexibility index (Phi) is 6.62. The molecule has 2 aromatic heterocycles. The van der Waals surface area contributed by atoms with Crippen LogP contribution >= 0.6 is 0 Å². The van der Waals surface area contributed by atoms with E-state index in [4.69, 9.17) is 4.42 Å². The molecular formula is C28H27FN4O4. The first kappa shape index (κ1) is 24.5. The summed E-state index contributed by atoms with van der Waals surface area (Å²) in [6.45, 7) is 4.60. The number of nitrogens with one attached hydrogen (secondary N) is 1. The van der Waals surface area contributed by atoms with Gasteiger partial charge in [-0.1, -0.05) is 30.3 Å². The van der Waals surface area contributed by atoms with Gasteiger partial charge < -0.3 is 19.7 Å². The lowest BCUT2D eigenvalue weighted by Crippen LogP contribution is -2.46. The molecule has 0 spiro atoms. The third-order valence-corrected chi connectivity index (χ3v) is 6.57. The molecule has 4 aromatic rings. The highest BCUT2D eigenvalue weighted by molar-refractivity contribution is 5.99. The van der Waals surface area contributed by atoms with E-state index in [0.717, 1.165) is 16.8 Å². The summed E-state index contributed by atoms with van der Waals surface area (Å²) in [5.74, 6) is -1.11. The summed E-state index contributed by atoms with van der Waals surface area (Å²) in [4.78, 5) is 27.5. The molecule has 8 nitrogen and oxygen atoms in total. The molecule has 0 saturated carbocycles. The van der Waals surface area contributed by atoms with E-state index in [0.29, 0.717) is 23.2 Å². The van der Waals surface area contributed by atoms with E-state index in [1.54, 1.807) is 48.7 Å². The summed E-state index contributed by atoms with van der Waals surface area (Å²) in [5, 5.41) is 18.1. The van der Waals surface area contributed by atoms with Crippen molar-refractivity contribution in [3.8, 4) is 11.3 Å². The molecular weight excluding hydrogens is 475 g/mol. The fourth-order valence-electron chi connectivity index (χ4n) is 4.81. The Morgan fingerprint density at radius 2 is 2.03 bits per heavy atom. The Morgan fingerprint density at radius 3 is 2.78 bits per heavy atom. The topological polar surface area (TPSA) is 101 Å². The van der Waals surface area contributed by atoms with Crippen molar-refractivity contribution in [2.75, 3.05) is 6.54 Å². The van der Waals surface area contributed by atoms with Crippen molar-refractivity contribution in [1.82, 2.24) is 20.0 Å². The van der Waals surface area contributed by atoms with E-state index in [-0.39, 0.29) is 24.6 Å². The van der Waals surface area contributed by atoms with Crippen LogP contribution < -0.4 is 5.32 Å². The Labute approximate surface area is 213 Å². The van der Waals surface area contributed by atoms with Gasteiger partial charge in [0.05, 0.1) is 17.9 Å². The predicted molar refractivity (Wildman–Crippen MR) is 134 cm³/mol. The van der Waals surface area contributed by atoms with Crippen molar-refractivity contribution < 1.29 is 23.5 Å². The summed E-state index contributed by atoms with van der Waals surface area (Å²) in [6.07, 6.45) is 2.38. The van der Waals surface area contributed by atoms with Crippen molar-refractivity contribution >= 4 is 11.8 Å². The molecule has 2 amide bonds. The van der Waals surface area contributed by atoms with Gasteiger partial charge in [0.1, 0.15) is 12.1 Å². The maximum absolute atomic E-state index is 13.9. The van der Waals surface area contributed by atoms with Crippen LogP contribution in [0.25, 0.3) is 11.3 Å². The maximum atomic E-state index is 13.9. The molecule has 0 saturated heterocycles. The monoisotopic (exact) mass is 502 g/mol. The minimum absolute atomic E-state index is 0.0201. The number of benzene rings is 2. The zero-order chi connectivity index (χ0) is 26.1. The van der Waals surface area contributed by atoms with Gasteiger partial charge in [-0.05, 0) is 55.7 Å². The van der Waals surface area contributed by atoms with E-state index in [1.165, 1.54) is 23.3 Å². The van der Waals surface area contributed by atoms with E-state index in [9.17, 15) is 19.1 Å². The molecule has 1 unspecified atom stereocenters. The molecule has 0 aliphatic carbocycles. The average Bonchev–Trinajstić information content (AvgIpc) is 3.57. The number of aliphatic hydroxyl groups excluding tert-OH is 1. The van der Waals surface area contributed by atoms with Crippen LogP contribution in [0.1, 0.15) is 50.8 Å². The van der Waals surface area contributed by atoms with Gasteiger partial charge in [-0.3, -0.25) is 14.3 Å². The number of aliphatic hydroxyl groups is 1. The molecule has 1 aliphatic rings. The molecule has 0 radical (unpaired) electrons. The average molecular weight is 503 g/mol. The Bertz CT molecular complexity index is 1460. The van der Waals surface area contributed by atoms with E-state index in [2.05, 4.69) is 10.4 Å². The molecule has 2 N–H and O–H groups in total. The predicted octanol–water partition coefficient (Wildman–Crippen LogP) is 4.10. The summed E-state index contributed by atoms with van der Waals surface area (Å²) in [5.41, 5.74) is 4.13. The summed E-state index contributed by atoms with van der Waals surface area (Å²) < 4.78 is 21.3. The molecule has 5 rings (SSSR count). The van der Waals surface area contributed by atoms with Gasteiger partial charge in [-0.25, -0.2) is 4.39 Å². The van der Waals surface area contributed by atoms with Crippen molar-refractivity contribution in [2.45, 2.75) is 39.1 Å². The lowest BCUT2D eigenvalue weighted by molar-refractivity contribution is 0.0132. The smallest absolute Gasteiger partial charge is 0.287 e. The van der Waals surface area contributed by atoms with E-state index >= 15 is 0 Å². The number of carbonyl (C=O) groups is 2. The Balaban J connectivity index is 1.39. The molecule has 9 heteroatoms. The van der Waals surface area contributed by atoms with Crippen molar-refractivity contribution in [2.24, 2.45) is 0 Å². The van der Waals surface area contributed by atoms with Crippen LogP contribution in [0.2, 0.25) is 0 Å². The first-order valence-electron chi connectivity index (χ1n) is 12.1. The summed E-state index contributed by atoms with van der Waals surface area (Å²) in [6, 6.07) is 13.9. The third kappa shape index (κ3) is 4.77. The highest BCUT2D eigenvalue weighted by Gasteiger charge is 2.36. The second-order valence-electron chi connectivity index (χ2n) is 9.11. The van der Waals surface area contributed by atoms with Crippen LogP contribution in [0.4, 0.5) is 4.39 Å². The zero-order valence-electron chi connectivity index (χ0n) is 20.5. The lowest BCUT2D eigenvalue weighted by atomic mass is 10.0. The van der Waals surface area contributed by atoms with Crippen LogP contribution in [0.3, 0.4) is 0 Å². The van der Waals surface area contributed by atoms with Gasteiger partial charge in [0.25, 0.3) is 11.8 Å². The zero-order valence-corrected chi connectivity index (χ0v) is 20.5. The number of hydrogen-bond acceptors (Lipinski definition) is 5. The molecule has 3 heterocycles. The maximum Gasteiger partial charge on any atom is 0.287 e. The van der Waals surface area contributed by atoms with Crippen molar-refractivity contribution in [3.63, 3.8) is 0 Å². The van der Waals surface area contributed by atoms with Crippen LogP contribution in [-0.4, -0.2) is 44.2 Å². The summed E-state index contributed by atoms with van der Waals surface area (Å²) in [7, 11) is 0. The molecule has 1 aliphatic heterocycles. The number of fused-ring (bicyclic) bond motifs is 1. The standard InChI is InChI=1S/C28H27FN4O4/c1-3-33-25(17(2)14-30-33)19-13-24(37-16-19)26(34)31-21(12-18-7-6-8-20(29)11-18)15-32-27(35)22-9-4-5-10-23(22)28(32)36/h4-11,13-14,16,21,27,35H,3,12,15H2,1-2H3,(H,31,34)/t21-,27?/m0/s1. The van der Waals surface area contributed by atoms with Crippen LogP contribution in [0, 0.1) is 12.7 Å². The molecule has 0 fully saturated rings. The molecule has 190 valence electrons. The van der Waals surface area contributed by atoms with Crippen LogP contribution in [-0.2, 0) is 13.0 Å². The van der Waals surface area contributed by atoms with Crippen LogP contribution in [0.5, 0.6) is 0 Å². The SMILES string of the molecule is CCn1ncc(C)c1-c1coc(C(=O)N[C@@H](Cc2cccc(F)c2)CN2C(=O)c3ccccc3C2O)c1. The van der Waals surface area contributed by atoms with Gasteiger partial charge in [-0.2, -0.15) is 5.10 Å². The van der Waals surface area contributed by atoms with Crippen LogP contribution in [0.15, 0.2) is 71.5 Å². The van der Waals surface area contributed by atoms with Gasteiger partial charge in [0, 0.05) is 29.8 Å². The first-order valence-corrected chi connectivity index (χ1v) is 12.1. The first-order chi connectivity index (χ1) is 17.9. The Hall–Kier alpha value is -4.24. The Morgan fingerprint density at radius 1 is 1.22 bits per heavy atom. The molecule has 2 aromatic carbocycles. The van der Waals surface area contributed by atoms with Gasteiger partial charge in [0.15, 0.2) is 12.0 Å². The quantitative estimate of drug-likeness (QED) is 0.378. The van der Waals surface area contributed by atoms with Gasteiger partial charge in [0.2, 0.25) is 0 Å².